The van der Waals surface area contributed by atoms with Gasteiger partial charge in [-0.2, -0.15) is 8.75 Å². The van der Waals surface area contributed by atoms with Crippen LogP contribution in [0.3, 0.4) is 0 Å². The highest BCUT2D eigenvalue weighted by molar-refractivity contribution is 7.00. The van der Waals surface area contributed by atoms with E-state index in [2.05, 4.69) is 185 Å². The Morgan fingerprint density at radius 3 is 1.98 bits per heavy atom. The third-order valence-corrected chi connectivity index (χ3v) is 12.0. The Morgan fingerprint density at radius 2 is 1.12 bits per heavy atom. The van der Waals surface area contributed by atoms with Crippen molar-refractivity contribution >= 4 is 94.3 Å². The standard InChI is InChI=1S/C52H32N4OS/c1-2-12-36(13-3-1)55(37-26-21-34(22-27-37)39-17-10-20-48-49(39)44-16-7-9-19-47(44)57-48)46-32-31-40(50-51(46)54-58-53-50)35-23-28-38(29-24-35)56-45-18-8-6-15-42(45)43-30-25-33-11-4-5-14-41(33)52(43)56/h1-32H. The molecule has 272 valence electrons. The predicted octanol–water partition coefficient (Wildman–Crippen LogP) is 14.6. The van der Waals surface area contributed by atoms with E-state index in [-0.39, 0.29) is 0 Å². The van der Waals surface area contributed by atoms with Crippen LogP contribution < -0.4 is 4.90 Å². The van der Waals surface area contributed by atoms with E-state index in [1.165, 1.54) is 44.3 Å². The van der Waals surface area contributed by atoms with Crippen molar-refractivity contribution < 1.29 is 4.42 Å². The average Bonchev–Trinajstić information content (AvgIpc) is 4.02. The second-order valence-corrected chi connectivity index (χ2v) is 15.2. The van der Waals surface area contributed by atoms with Gasteiger partial charge in [-0.15, -0.1) is 0 Å². The molecular weight excluding hydrogens is 729 g/mol. The smallest absolute Gasteiger partial charge is 0.136 e. The number of rotatable bonds is 6. The molecule has 0 spiro atoms. The topological polar surface area (TPSA) is 47.1 Å². The molecule has 6 heteroatoms. The lowest BCUT2D eigenvalue weighted by Gasteiger charge is -2.26. The largest absolute Gasteiger partial charge is 0.456 e. The minimum absolute atomic E-state index is 0.864. The maximum absolute atomic E-state index is 6.21. The number of para-hydroxylation sites is 3. The van der Waals surface area contributed by atoms with Crippen LogP contribution in [0.4, 0.5) is 17.1 Å². The van der Waals surface area contributed by atoms with Crippen LogP contribution in [-0.4, -0.2) is 13.3 Å². The summed E-state index contributed by atoms with van der Waals surface area (Å²) in [5, 5.41) is 7.23. The molecule has 12 aromatic rings. The van der Waals surface area contributed by atoms with Gasteiger partial charge < -0.3 is 13.9 Å². The lowest BCUT2D eigenvalue weighted by atomic mass is 9.99. The van der Waals surface area contributed by atoms with Gasteiger partial charge >= 0.3 is 0 Å². The molecule has 3 heterocycles. The summed E-state index contributed by atoms with van der Waals surface area (Å²) in [6.07, 6.45) is 0. The molecule has 0 fully saturated rings. The molecular formula is C52H32N4OS. The van der Waals surface area contributed by atoms with Gasteiger partial charge in [0.15, 0.2) is 0 Å². The maximum atomic E-state index is 6.21. The maximum Gasteiger partial charge on any atom is 0.136 e. The highest BCUT2D eigenvalue weighted by atomic mass is 32.1. The first-order valence-corrected chi connectivity index (χ1v) is 20.1. The predicted molar refractivity (Wildman–Crippen MR) is 242 cm³/mol. The van der Waals surface area contributed by atoms with Gasteiger partial charge in [0.1, 0.15) is 22.2 Å². The Kier molecular flexibility index (Phi) is 7.33. The molecule has 0 saturated carbocycles. The van der Waals surface area contributed by atoms with E-state index >= 15 is 0 Å². The second-order valence-electron chi connectivity index (χ2n) is 14.7. The van der Waals surface area contributed by atoms with Crippen LogP contribution in [0, 0.1) is 0 Å². The van der Waals surface area contributed by atoms with Gasteiger partial charge in [0.25, 0.3) is 0 Å². The van der Waals surface area contributed by atoms with Crippen LogP contribution >= 0.6 is 11.7 Å². The lowest BCUT2D eigenvalue weighted by molar-refractivity contribution is 0.669. The van der Waals surface area contributed by atoms with Gasteiger partial charge in [-0.25, -0.2) is 0 Å². The molecule has 0 unspecified atom stereocenters. The van der Waals surface area contributed by atoms with Crippen molar-refractivity contribution in [3.63, 3.8) is 0 Å². The average molecular weight is 761 g/mol. The molecule has 12 rings (SSSR count). The molecule has 5 nitrogen and oxygen atoms in total. The Balaban J connectivity index is 0.951. The highest BCUT2D eigenvalue weighted by Gasteiger charge is 2.21. The fourth-order valence-corrected chi connectivity index (χ4v) is 9.43. The normalized spacial score (nSPS) is 11.8. The number of hydrogen-bond donors (Lipinski definition) is 0. The Hall–Kier alpha value is -7.54. The molecule has 0 amide bonds. The number of aromatic nitrogens is 3. The van der Waals surface area contributed by atoms with Crippen LogP contribution in [0.5, 0.6) is 0 Å². The molecule has 0 saturated heterocycles. The summed E-state index contributed by atoms with van der Waals surface area (Å²) < 4.78 is 18.5. The number of anilines is 3. The van der Waals surface area contributed by atoms with Crippen LogP contribution in [-0.2, 0) is 0 Å². The van der Waals surface area contributed by atoms with Crippen LogP contribution in [0.15, 0.2) is 199 Å². The summed E-state index contributed by atoms with van der Waals surface area (Å²) >= 11 is 1.25. The highest BCUT2D eigenvalue weighted by Crippen LogP contribution is 2.43. The van der Waals surface area contributed by atoms with Crippen LogP contribution in [0.1, 0.15) is 0 Å². The fraction of sp³-hybridized carbons (Fsp3) is 0. The Labute approximate surface area is 337 Å². The molecule has 3 aromatic heterocycles. The minimum Gasteiger partial charge on any atom is -0.456 e. The van der Waals surface area contributed by atoms with Crippen molar-refractivity contribution in [2.45, 2.75) is 0 Å². The third kappa shape index (κ3) is 5.02. The van der Waals surface area contributed by atoms with Crippen molar-refractivity contribution in [1.29, 1.82) is 0 Å². The first kappa shape index (κ1) is 32.7. The van der Waals surface area contributed by atoms with E-state index in [0.717, 1.165) is 78.0 Å². The molecule has 0 aliphatic heterocycles. The zero-order valence-corrected chi connectivity index (χ0v) is 31.9. The van der Waals surface area contributed by atoms with Gasteiger partial charge in [-0.3, -0.25) is 0 Å². The number of furan rings is 1. The summed E-state index contributed by atoms with van der Waals surface area (Å²) in [6, 6.07) is 68.9. The van der Waals surface area contributed by atoms with Crippen molar-refractivity contribution in [3.8, 4) is 27.9 Å². The van der Waals surface area contributed by atoms with Crippen LogP contribution in [0.2, 0.25) is 0 Å². The summed E-state index contributed by atoms with van der Waals surface area (Å²) in [4.78, 5) is 2.28. The summed E-state index contributed by atoms with van der Waals surface area (Å²) in [5.41, 5.74) is 14.5. The second kappa shape index (κ2) is 13.0. The number of fused-ring (bicyclic) bond motifs is 9. The summed E-state index contributed by atoms with van der Waals surface area (Å²) in [6.45, 7) is 0. The molecule has 0 atom stereocenters. The molecule has 0 N–H and O–H groups in total. The molecule has 58 heavy (non-hydrogen) atoms. The zero-order chi connectivity index (χ0) is 38.2. The number of nitrogens with zero attached hydrogens (tertiary/aromatic N) is 4. The number of benzene rings is 9. The van der Waals surface area contributed by atoms with Gasteiger partial charge in [0.05, 0.1) is 28.4 Å². The number of hydrogen-bond acceptors (Lipinski definition) is 5. The van der Waals surface area contributed by atoms with Crippen molar-refractivity contribution in [2.24, 2.45) is 0 Å². The van der Waals surface area contributed by atoms with Crippen molar-refractivity contribution in [1.82, 2.24) is 13.3 Å². The lowest BCUT2D eigenvalue weighted by Crippen LogP contribution is -2.10. The monoisotopic (exact) mass is 760 g/mol. The molecule has 0 bridgehead atoms. The first-order valence-electron chi connectivity index (χ1n) is 19.4. The van der Waals surface area contributed by atoms with Gasteiger partial charge in [-0.1, -0.05) is 127 Å². The summed E-state index contributed by atoms with van der Waals surface area (Å²) in [5.74, 6) is 0. The van der Waals surface area contributed by atoms with E-state index in [0.29, 0.717) is 0 Å². The van der Waals surface area contributed by atoms with E-state index in [4.69, 9.17) is 13.2 Å². The fourth-order valence-electron chi connectivity index (χ4n) is 8.86. The first-order chi connectivity index (χ1) is 28.8. The molecule has 0 radical (unpaired) electrons. The van der Waals surface area contributed by atoms with Crippen molar-refractivity contribution in [2.75, 3.05) is 4.90 Å². The zero-order valence-electron chi connectivity index (χ0n) is 31.1. The molecule has 0 aliphatic rings. The van der Waals surface area contributed by atoms with Gasteiger partial charge in [0.2, 0.25) is 0 Å². The Bertz CT molecular complexity index is 3510. The van der Waals surface area contributed by atoms with Gasteiger partial charge in [-0.05, 0) is 88.8 Å². The summed E-state index contributed by atoms with van der Waals surface area (Å²) in [7, 11) is 0. The molecule has 9 aromatic carbocycles. The SMILES string of the molecule is c1ccc(N(c2ccc(-c3cccc4oc5ccccc5c34)cc2)c2ccc(-c3ccc(-n4c5ccccc5c5ccc6ccccc6c54)cc3)c3nsnc23)cc1. The van der Waals surface area contributed by atoms with E-state index < -0.39 is 0 Å². The van der Waals surface area contributed by atoms with E-state index in [1.54, 1.807) is 0 Å². The Morgan fingerprint density at radius 1 is 0.448 bits per heavy atom. The van der Waals surface area contributed by atoms with Gasteiger partial charge in [0, 0.05) is 49.6 Å². The quantitative estimate of drug-likeness (QED) is 0.169. The molecule has 0 aliphatic carbocycles. The third-order valence-electron chi connectivity index (χ3n) is 11.5. The van der Waals surface area contributed by atoms with E-state index in [9.17, 15) is 0 Å². The van der Waals surface area contributed by atoms with E-state index in [1.807, 2.05) is 18.2 Å². The minimum atomic E-state index is 0.864. The van der Waals surface area contributed by atoms with Crippen LogP contribution in [0.25, 0.3) is 93.5 Å². The van der Waals surface area contributed by atoms with Crippen molar-refractivity contribution in [3.05, 3.63) is 194 Å².